The zero-order chi connectivity index (χ0) is 33.8. The minimum atomic E-state index is -0.994. The quantitative estimate of drug-likeness (QED) is 0.312. The van der Waals surface area contributed by atoms with Gasteiger partial charge < -0.3 is 9.84 Å². The molecule has 5 nitrogen and oxygen atoms in total. The van der Waals surface area contributed by atoms with Gasteiger partial charge in [-0.25, -0.2) is 0 Å². The van der Waals surface area contributed by atoms with Gasteiger partial charge in [-0.3, -0.25) is 14.4 Å². The number of ketones is 1. The van der Waals surface area contributed by atoms with Crippen LogP contribution in [0.1, 0.15) is 140 Å². The smallest absolute Gasteiger partial charge is 0.314 e. The number of esters is 1. The van der Waals surface area contributed by atoms with Crippen LogP contribution in [-0.4, -0.2) is 28.4 Å². The standard InChI is InChI=1S/C41H60O5/c1-24(2)32-29(42)23-41(35(44)45)22-21-39(9)28(33(32)41)15-16-31-38(8)19-17-27(37(6,7)30(38)18-20-40(31,39)10)25-11-13-26(14-12-25)34(43)46-36(3,4)5/h11,17,24,26,28,30-31H,12-16,18-23H2,1-10H3,(H,44,45)/t26?,28-,30+,31-,38+,39-,40-,41-/m1/s1. The Morgan fingerprint density at radius 1 is 0.913 bits per heavy atom. The third-order valence-corrected chi connectivity index (χ3v) is 14.9. The van der Waals surface area contributed by atoms with Crippen molar-refractivity contribution in [1.82, 2.24) is 0 Å². The number of carboxylic acid groups (broad SMARTS) is 1. The van der Waals surface area contributed by atoms with E-state index in [0.717, 1.165) is 62.5 Å². The molecule has 0 amide bonds. The van der Waals surface area contributed by atoms with Crippen LogP contribution in [0.25, 0.3) is 0 Å². The van der Waals surface area contributed by atoms with E-state index in [1.807, 2.05) is 20.8 Å². The van der Waals surface area contributed by atoms with E-state index in [9.17, 15) is 19.5 Å². The van der Waals surface area contributed by atoms with Gasteiger partial charge in [-0.2, -0.15) is 0 Å². The third-order valence-electron chi connectivity index (χ3n) is 14.9. The van der Waals surface area contributed by atoms with Crippen LogP contribution >= 0.6 is 0 Å². The Balaban J connectivity index is 1.31. The molecule has 0 aromatic heterocycles. The molecule has 0 heterocycles. The average Bonchev–Trinajstić information content (AvgIpc) is 3.26. The zero-order valence-corrected chi connectivity index (χ0v) is 30.4. The zero-order valence-electron chi connectivity index (χ0n) is 30.4. The molecule has 8 atom stereocenters. The summed E-state index contributed by atoms with van der Waals surface area (Å²) in [4.78, 5) is 39.2. The van der Waals surface area contributed by atoms with E-state index in [1.165, 1.54) is 17.6 Å². The minimum Gasteiger partial charge on any atom is -0.481 e. The van der Waals surface area contributed by atoms with Gasteiger partial charge >= 0.3 is 11.9 Å². The fraction of sp³-hybridized carbons (Fsp3) is 0.780. The third kappa shape index (κ3) is 4.62. The Morgan fingerprint density at radius 2 is 1.61 bits per heavy atom. The second kappa shape index (κ2) is 10.7. The highest BCUT2D eigenvalue weighted by Crippen LogP contribution is 2.76. The minimum absolute atomic E-state index is 0.0281. The second-order valence-corrected chi connectivity index (χ2v) is 18.9. The van der Waals surface area contributed by atoms with Crippen LogP contribution < -0.4 is 0 Å². The van der Waals surface area contributed by atoms with Crippen molar-refractivity contribution in [2.75, 3.05) is 0 Å². The van der Waals surface area contributed by atoms with Crippen LogP contribution in [-0.2, 0) is 19.1 Å². The van der Waals surface area contributed by atoms with Crippen LogP contribution in [0.2, 0.25) is 0 Å². The molecule has 1 unspecified atom stereocenters. The second-order valence-electron chi connectivity index (χ2n) is 18.9. The van der Waals surface area contributed by atoms with Crippen LogP contribution in [0.3, 0.4) is 0 Å². The SMILES string of the molecule is CC(C)C1=C2[C@H]3CC[C@@H]4[C@@]5(C)CC=C(C6=CCC(C(=O)OC(C)(C)C)CC6)C(C)(C)[C@@H]5CC[C@@]4(C)[C@]3(C)CC[C@@]2(C(=O)O)CC1=O. The number of carbonyl (C=O) groups is 3. The van der Waals surface area contributed by atoms with E-state index in [4.69, 9.17) is 4.74 Å². The number of fused-ring (bicyclic) bond motifs is 7. The lowest BCUT2D eigenvalue weighted by molar-refractivity contribution is -0.201. The van der Waals surface area contributed by atoms with E-state index in [-0.39, 0.29) is 57.6 Å². The predicted molar refractivity (Wildman–Crippen MR) is 182 cm³/mol. The van der Waals surface area contributed by atoms with Gasteiger partial charge in [0, 0.05) is 6.42 Å². The summed E-state index contributed by atoms with van der Waals surface area (Å²) in [6.07, 6.45) is 14.6. The van der Waals surface area contributed by atoms with E-state index >= 15 is 0 Å². The normalized spacial score (nSPS) is 41.9. The summed E-state index contributed by atoms with van der Waals surface area (Å²) in [6, 6.07) is 0. The lowest BCUT2D eigenvalue weighted by Gasteiger charge is -2.71. The monoisotopic (exact) mass is 632 g/mol. The van der Waals surface area contributed by atoms with Crippen molar-refractivity contribution >= 4 is 17.7 Å². The molecule has 5 heteroatoms. The maximum Gasteiger partial charge on any atom is 0.314 e. The number of rotatable bonds is 4. The number of aliphatic carboxylic acids is 1. The Hall–Kier alpha value is -2.17. The van der Waals surface area contributed by atoms with Crippen LogP contribution in [0.15, 0.2) is 34.4 Å². The van der Waals surface area contributed by atoms with E-state index in [1.54, 1.807) is 0 Å². The van der Waals surface area contributed by atoms with E-state index in [0.29, 0.717) is 18.3 Å². The van der Waals surface area contributed by atoms with Gasteiger partial charge in [-0.05, 0) is 153 Å². The van der Waals surface area contributed by atoms with E-state index in [2.05, 4.69) is 60.6 Å². The predicted octanol–water partition coefficient (Wildman–Crippen LogP) is 9.66. The Labute approximate surface area is 278 Å². The number of carboxylic acids is 1. The molecule has 254 valence electrons. The van der Waals surface area contributed by atoms with E-state index < -0.39 is 17.0 Å². The summed E-state index contributed by atoms with van der Waals surface area (Å²) in [5.41, 5.74) is 3.61. The van der Waals surface area contributed by atoms with Crippen molar-refractivity contribution in [2.24, 2.45) is 56.7 Å². The summed E-state index contributed by atoms with van der Waals surface area (Å²) in [7, 11) is 0. The number of allylic oxidation sites excluding steroid dienone is 5. The Bertz CT molecular complexity index is 1430. The van der Waals surface area contributed by atoms with Gasteiger partial charge in [-0.15, -0.1) is 0 Å². The summed E-state index contributed by atoms with van der Waals surface area (Å²) in [6.45, 7) is 22.5. The molecule has 6 aliphatic rings. The number of hydrogen-bond acceptors (Lipinski definition) is 4. The van der Waals surface area contributed by atoms with Crippen molar-refractivity contribution in [3.8, 4) is 0 Å². The van der Waals surface area contributed by atoms with Gasteiger partial charge in [0.1, 0.15) is 5.60 Å². The highest BCUT2D eigenvalue weighted by atomic mass is 16.6. The van der Waals surface area contributed by atoms with Crippen molar-refractivity contribution in [3.63, 3.8) is 0 Å². The summed E-state index contributed by atoms with van der Waals surface area (Å²) in [5, 5.41) is 10.6. The molecule has 6 aliphatic carbocycles. The van der Waals surface area contributed by atoms with Crippen LogP contribution in [0, 0.1) is 56.7 Å². The maximum atomic E-state index is 13.5. The molecule has 0 aliphatic heterocycles. The summed E-state index contributed by atoms with van der Waals surface area (Å²) < 4.78 is 5.72. The Morgan fingerprint density at radius 3 is 2.20 bits per heavy atom. The average molecular weight is 633 g/mol. The first kappa shape index (κ1) is 33.7. The molecule has 3 saturated carbocycles. The molecule has 3 fully saturated rings. The summed E-state index contributed by atoms with van der Waals surface area (Å²) in [5.74, 6) is 0.512. The largest absolute Gasteiger partial charge is 0.481 e. The van der Waals surface area contributed by atoms with Crippen LogP contribution in [0.5, 0.6) is 0 Å². The molecule has 0 radical (unpaired) electrons. The molecule has 1 N–H and O–H groups in total. The number of hydrogen-bond donors (Lipinski definition) is 1. The first-order valence-corrected chi connectivity index (χ1v) is 18.4. The molecule has 0 spiro atoms. The van der Waals surface area contributed by atoms with Crippen molar-refractivity contribution in [3.05, 3.63) is 34.4 Å². The van der Waals surface area contributed by atoms with Crippen molar-refractivity contribution < 1.29 is 24.2 Å². The number of carbonyl (C=O) groups excluding carboxylic acids is 2. The highest BCUT2D eigenvalue weighted by molar-refractivity contribution is 6.05. The van der Waals surface area contributed by atoms with Gasteiger partial charge in [0.2, 0.25) is 0 Å². The lowest BCUT2D eigenvalue weighted by atomic mass is 9.33. The van der Waals surface area contributed by atoms with Crippen LogP contribution in [0.4, 0.5) is 0 Å². The molecule has 6 rings (SSSR count). The number of Topliss-reactive ketones (excluding diaryl/α,β-unsaturated/α-hetero) is 1. The van der Waals surface area contributed by atoms with Crippen molar-refractivity contribution in [2.45, 2.75) is 145 Å². The molecule has 0 aromatic carbocycles. The Kier molecular flexibility index (Phi) is 7.82. The fourth-order valence-corrected chi connectivity index (χ4v) is 12.7. The maximum absolute atomic E-state index is 13.5. The molecular formula is C41H60O5. The first-order chi connectivity index (χ1) is 21.2. The molecular weight excluding hydrogens is 572 g/mol. The first-order valence-electron chi connectivity index (χ1n) is 18.4. The molecule has 0 aromatic rings. The molecule has 46 heavy (non-hydrogen) atoms. The summed E-state index contributed by atoms with van der Waals surface area (Å²) >= 11 is 0. The van der Waals surface area contributed by atoms with Gasteiger partial charge in [-0.1, -0.05) is 60.6 Å². The highest BCUT2D eigenvalue weighted by Gasteiger charge is 2.70. The van der Waals surface area contributed by atoms with Crippen molar-refractivity contribution in [1.29, 1.82) is 0 Å². The lowest BCUT2D eigenvalue weighted by Crippen LogP contribution is -2.64. The van der Waals surface area contributed by atoms with Gasteiger partial charge in [0.15, 0.2) is 5.78 Å². The fourth-order valence-electron chi connectivity index (χ4n) is 12.7. The van der Waals surface area contributed by atoms with Gasteiger partial charge in [0.25, 0.3) is 0 Å². The molecule has 0 bridgehead atoms. The number of ether oxygens (including phenoxy) is 1. The molecule has 0 saturated heterocycles. The topological polar surface area (TPSA) is 80.7 Å². The van der Waals surface area contributed by atoms with Gasteiger partial charge in [0.05, 0.1) is 11.3 Å².